The average molecular weight is 310 g/mol. The number of anilines is 1. The molecule has 0 saturated heterocycles. The van der Waals surface area contributed by atoms with E-state index in [1.165, 1.54) is 5.56 Å². The number of benzene rings is 2. The van der Waals surface area contributed by atoms with Crippen molar-refractivity contribution >= 4 is 34.1 Å². The zero-order chi connectivity index (χ0) is 15.4. The summed E-state index contributed by atoms with van der Waals surface area (Å²) in [5.74, 6) is 0.868. The zero-order valence-corrected chi connectivity index (χ0v) is 13.2. The van der Waals surface area contributed by atoms with Crippen LogP contribution in [0.25, 0.3) is 11.0 Å². The monoisotopic (exact) mass is 310 g/mol. The second-order valence-electron chi connectivity index (χ2n) is 5.06. The van der Waals surface area contributed by atoms with E-state index in [9.17, 15) is 0 Å². The van der Waals surface area contributed by atoms with E-state index >= 15 is 0 Å². The first-order chi connectivity index (χ1) is 10.7. The highest BCUT2D eigenvalue weighted by Gasteiger charge is 2.03. The Hall–Kier alpha value is -2.40. The van der Waals surface area contributed by atoms with Crippen LogP contribution in [0, 0.1) is 0 Å². The molecule has 0 aliphatic carbocycles. The molecule has 112 valence electrons. The second-order valence-corrected chi connectivity index (χ2v) is 5.47. The quantitative estimate of drug-likeness (QED) is 0.644. The Balaban J connectivity index is 1.59. The van der Waals surface area contributed by atoms with Crippen molar-refractivity contribution in [3.8, 4) is 0 Å². The molecule has 5 heteroatoms. The van der Waals surface area contributed by atoms with E-state index in [-0.39, 0.29) is 0 Å². The summed E-state index contributed by atoms with van der Waals surface area (Å²) >= 11 is 5.33. The van der Waals surface area contributed by atoms with E-state index < -0.39 is 0 Å². The number of imidazole rings is 1. The van der Waals surface area contributed by atoms with Gasteiger partial charge in [-0.3, -0.25) is 0 Å². The summed E-state index contributed by atoms with van der Waals surface area (Å²) in [6.45, 7) is 2.70. The summed E-state index contributed by atoms with van der Waals surface area (Å²) in [4.78, 5) is 7.79. The van der Waals surface area contributed by atoms with E-state index in [0.29, 0.717) is 11.7 Å². The number of thiocarbonyl (C=S) groups is 1. The molecule has 0 radical (unpaired) electrons. The predicted octanol–water partition coefficient (Wildman–Crippen LogP) is 3.61. The van der Waals surface area contributed by atoms with Gasteiger partial charge in [0.25, 0.3) is 0 Å². The molecule has 0 aliphatic rings. The molecule has 0 amide bonds. The van der Waals surface area contributed by atoms with Crippen LogP contribution in [0.2, 0.25) is 0 Å². The van der Waals surface area contributed by atoms with Crippen LogP contribution in [0.4, 0.5) is 5.69 Å². The van der Waals surface area contributed by atoms with E-state index in [1.807, 2.05) is 36.4 Å². The van der Waals surface area contributed by atoms with Gasteiger partial charge in [-0.1, -0.05) is 31.2 Å². The molecule has 3 rings (SSSR count). The van der Waals surface area contributed by atoms with Crippen LogP contribution in [-0.4, -0.2) is 15.1 Å². The first-order valence-corrected chi connectivity index (χ1v) is 7.73. The van der Waals surface area contributed by atoms with Crippen LogP contribution < -0.4 is 10.6 Å². The molecular weight excluding hydrogens is 292 g/mol. The summed E-state index contributed by atoms with van der Waals surface area (Å²) in [6.07, 6.45) is 1.01. The summed E-state index contributed by atoms with van der Waals surface area (Å²) < 4.78 is 0. The lowest BCUT2D eigenvalue weighted by molar-refractivity contribution is 0.859. The smallest absolute Gasteiger partial charge is 0.171 e. The highest BCUT2D eigenvalue weighted by atomic mass is 32.1. The minimum Gasteiger partial charge on any atom is -0.355 e. The van der Waals surface area contributed by atoms with Crippen molar-refractivity contribution in [2.75, 3.05) is 5.32 Å². The fraction of sp³-hybridized carbons (Fsp3) is 0.176. The Morgan fingerprint density at radius 2 is 2.05 bits per heavy atom. The van der Waals surface area contributed by atoms with Crippen molar-refractivity contribution in [1.29, 1.82) is 0 Å². The molecule has 3 aromatic rings. The van der Waals surface area contributed by atoms with Crippen molar-refractivity contribution < 1.29 is 0 Å². The van der Waals surface area contributed by atoms with Crippen molar-refractivity contribution in [2.24, 2.45) is 0 Å². The maximum absolute atomic E-state index is 5.33. The number of nitrogens with zero attached hydrogens (tertiary/aromatic N) is 1. The molecule has 4 nitrogen and oxygen atoms in total. The highest BCUT2D eigenvalue weighted by Crippen LogP contribution is 2.12. The van der Waals surface area contributed by atoms with E-state index in [1.54, 1.807) is 0 Å². The fourth-order valence-corrected chi connectivity index (χ4v) is 2.49. The fourth-order valence-electron chi connectivity index (χ4n) is 2.30. The Morgan fingerprint density at radius 3 is 2.86 bits per heavy atom. The van der Waals surface area contributed by atoms with Gasteiger partial charge in [0, 0.05) is 5.69 Å². The molecule has 0 aliphatic heterocycles. The third-order valence-electron chi connectivity index (χ3n) is 3.45. The van der Waals surface area contributed by atoms with Crippen LogP contribution in [0.3, 0.4) is 0 Å². The number of hydrogen-bond donors (Lipinski definition) is 3. The molecule has 3 N–H and O–H groups in total. The molecule has 0 unspecified atom stereocenters. The van der Waals surface area contributed by atoms with Gasteiger partial charge in [-0.15, -0.1) is 0 Å². The molecule has 2 aromatic carbocycles. The number of aromatic amines is 1. The molecule has 0 atom stereocenters. The van der Waals surface area contributed by atoms with Crippen LogP contribution in [0.1, 0.15) is 18.3 Å². The number of fused-ring (bicyclic) bond motifs is 1. The summed E-state index contributed by atoms with van der Waals surface area (Å²) in [5.41, 5.74) is 4.29. The van der Waals surface area contributed by atoms with Crippen molar-refractivity contribution in [3.05, 3.63) is 59.9 Å². The Kier molecular flexibility index (Phi) is 4.34. The molecule has 0 bridgehead atoms. The molecule has 0 saturated carbocycles. The van der Waals surface area contributed by atoms with Gasteiger partial charge in [-0.2, -0.15) is 0 Å². The van der Waals surface area contributed by atoms with Crippen LogP contribution in [-0.2, 0) is 13.0 Å². The number of nitrogens with one attached hydrogen (secondary N) is 3. The molecule has 0 spiro atoms. The standard InChI is InChI=1S/C17H18N4S/c1-2-12-6-5-7-13(10-12)19-17(22)18-11-16-20-14-8-3-4-9-15(14)21-16/h3-10H,2,11H2,1H3,(H,20,21)(H2,18,19,22). The van der Waals surface area contributed by atoms with Crippen molar-refractivity contribution in [3.63, 3.8) is 0 Å². The van der Waals surface area contributed by atoms with Gasteiger partial charge in [0.1, 0.15) is 5.82 Å². The molecule has 22 heavy (non-hydrogen) atoms. The maximum atomic E-state index is 5.33. The topological polar surface area (TPSA) is 52.7 Å². The Bertz CT molecular complexity index is 761. The van der Waals surface area contributed by atoms with E-state index in [0.717, 1.165) is 29.0 Å². The molecule has 1 heterocycles. The van der Waals surface area contributed by atoms with Crippen LogP contribution in [0.15, 0.2) is 48.5 Å². The zero-order valence-electron chi connectivity index (χ0n) is 12.4. The normalized spacial score (nSPS) is 10.6. The number of aryl methyl sites for hydroxylation is 1. The average Bonchev–Trinajstić information content (AvgIpc) is 2.96. The summed E-state index contributed by atoms with van der Waals surface area (Å²) in [6, 6.07) is 16.2. The van der Waals surface area contributed by atoms with Gasteiger partial charge < -0.3 is 15.6 Å². The van der Waals surface area contributed by atoms with Gasteiger partial charge in [0.15, 0.2) is 5.11 Å². The first-order valence-electron chi connectivity index (χ1n) is 7.32. The number of hydrogen-bond acceptors (Lipinski definition) is 2. The molecular formula is C17H18N4S. The third kappa shape index (κ3) is 3.43. The first kappa shape index (κ1) is 14.5. The minimum atomic E-state index is 0.563. The lowest BCUT2D eigenvalue weighted by atomic mass is 10.1. The summed E-state index contributed by atoms with van der Waals surface area (Å²) in [5, 5.41) is 6.96. The Morgan fingerprint density at radius 1 is 1.18 bits per heavy atom. The van der Waals surface area contributed by atoms with E-state index in [4.69, 9.17) is 12.2 Å². The maximum Gasteiger partial charge on any atom is 0.171 e. The second kappa shape index (κ2) is 6.58. The van der Waals surface area contributed by atoms with Crippen LogP contribution >= 0.6 is 12.2 Å². The lowest BCUT2D eigenvalue weighted by Crippen LogP contribution is -2.28. The SMILES string of the molecule is CCc1cccc(NC(=S)NCc2nc3ccccc3[nH]2)c1. The molecule has 0 fully saturated rings. The van der Waals surface area contributed by atoms with Crippen molar-refractivity contribution in [1.82, 2.24) is 15.3 Å². The number of para-hydroxylation sites is 2. The third-order valence-corrected chi connectivity index (χ3v) is 3.69. The van der Waals surface area contributed by atoms with Gasteiger partial charge in [0.05, 0.1) is 17.6 Å². The van der Waals surface area contributed by atoms with Gasteiger partial charge >= 0.3 is 0 Å². The van der Waals surface area contributed by atoms with Gasteiger partial charge in [-0.25, -0.2) is 4.98 Å². The highest BCUT2D eigenvalue weighted by molar-refractivity contribution is 7.80. The van der Waals surface area contributed by atoms with Gasteiger partial charge in [0.2, 0.25) is 0 Å². The number of aromatic nitrogens is 2. The largest absolute Gasteiger partial charge is 0.355 e. The lowest BCUT2D eigenvalue weighted by Gasteiger charge is -2.10. The molecule has 1 aromatic heterocycles. The number of rotatable bonds is 4. The summed E-state index contributed by atoms with van der Waals surface area (Å²) in [7, 11) is 0. The van der Waals surface area contributed by atoms with Crippen LogP contribution in [0.5, 0.6) is 0 Å². The number of H-pyrrole nitrogens is 1. The minimum absolute atomic E-state index is 0.563. The van der Waals surface area contributed by atoms with E-state index in [2.05, 4.69) is 39.7 Å². The van der Waals surface area contributed by atoms with Crippen molar-refractivity contribution in [2.45, 2.75) is 19.9 Å². The predicted molar refractivity (Wildman–Crippen MR) is 95.0 cm³/mol. The Labute approximate surface area is 135 Å². The van der Waals surface area contributed by atoms with Gasteiger partial charge in [-0.05, 0) is 48.5 Å².